The average molecular weight is 776 g/mol. The van der Waals surface area contributed by atoms with Gasteiger partial charge < -0.3 is 13.8 Å². The minimum Gasteiger partial charge on any atom is -0.747 e. The van der Waals surface area contributed by atoms with E-state index in [4.69, 9.17) is 4.74 Å². The molecule has 2 aromatic carbocycles. The molecule has 2 aromatic rings. The number of ketones is 1. The normalized spacial score (nSPS) is 14.4. The predicted octanol–water partition coefficient (Wildman–Crippen LogP) is -0.250. The summed E-state index contributed by atoms with van der Waals surface area (Å²) < 4.78 is 247. The average Bonchev–Trinajstić information content (AvgIpc) is 2.90. The van der Waals surface area contributed by atoms with Crippen LogP contribution in [0.4, 0.5) is 57.1 Å². The molecule has 1 atom stereocenters. The largest absolute Gasteiger partial charge is 1.00 e. The molecular formula is C23H15F13Na2O8S2. The van der Waals surface area contributed by atoms with Gasteiger partial charge in [0.05, 0.1) is 11.5 Å². The second-order valence-electron chi connectivity index (χ2n) is 9.21. The van der Waals surface area contributed by atoms with Gasteiger partial charge in [-0.2, -0.15) is 57.1 Å². The maximum Gasteiger partial charge on any atom is 1.00 e. The molecule has 0 N–H and O–H groups in total. The van der Waals surface area contributed by atoms with E-state index in [0.717, 1.165) is 24.3 Å². The van der Waals surface area contributed by atoms with Crippen LogP contribution in [-0.2, 0) is 26.2 Å². The molecule has 0 aliphatic carbocycles. The van der Waals surface area contributed by atoms with Gasteiger partial charge in [-0.15, -0.1) is 0 Å². The Labute approximate surface area is 306 Å². The van der Waals surface area contributed by atoms with E-state index in [0.29, 0.717) is 0 Å². The van der Waals surface area contributed by atoms with Gasteiger partial charge in [-0.25, -0.2) is 16.8 Å². The van der Waals surface area contributed by atoms with Crippen LogP contribution in [0, 0.1) is 0 Å². The first-order valence-electron chi connectivity index (χ1n) is 11.7. The third-order valence-electron chi connectivity index (χ3n) is 6.10. The number of hydrogen-bond donors (Lipinski definition) is 0. The van der Waals surface area contributed by atoms with Crippen LogP contribution < -0.4 is 63.9 Å². The quantitative estimate of drug-likeness (QED) is 0.0842. The molecule has 0 spiro atoms. The van der Waals surface area contributed by atoms with E-state index in [1.54, 1.807) is 0 Å². The molecule has 0 saturated carbocycles. The molecule has 48 heavy (non-hydrogen) atoms. The molecule has 0 amide bonds. The smallest absolute Gasteiger partial charge is 0.747 e. The summed E-state index contributed by atoms with van der Waals surface area (Å²) in [6, 6.07) is 3.06. The van der Waals surface area contributed by atoms with Crippen molar-refractivity contribution in [3.8, 4) is 5.75 Å². The fourth-order valence-electron chi connectivity index (χ4n) is 3.55. The zero-order chi connectivity index (χ0) is 35.9. The number of alkyl halides is 13. The molecule has 0 aliphatic rings. The fraction of sp³-hybridized carbons (Fsp3) is 0.435. The number of benzene rings is 2. The van der Waals surface area contributed by atoms with Gasteiger partial charge in [0, 0.05) is 11.1 Å². The number of carbonyl (C=O) groups excluding carboxylic acids is 1. The van der Waals surface area contributed by atoms with Crippen molar-refractivity contribution in [2.45, 2.75) is 58.8 Å². The van der Waals surface area contributed by atoms with Gasteiger partial charge in [0.25, 0.3) is 0 Å². The SMILES string of the molecule is O=C(c1ccc(C(F)(F)C(F)(F)C(F)(F)C(F)(F)C(F)(F)C(F)(F)F)cc1)C(CCCOc1ccc(S(=O)(=O)[O-])cc1)S(=O)(=O)[O-].[Na+].[Na+]. The number of carbonyl (C=O) groups is 1. The Kier molecular flexibility index (Phi) is 15.2. The summed E-state index contributed by atoms with van der Waals surface area (Å²) in [5, 5.41) is -2.52. The van der Waals surface area contributed by atoms with E-state index >= 15 is 0 Å². The number of ether oxygens (including phenoxy) is 1. The first kappa shape index (κ1) is 46.8. The zero-order valence-electron chi connectivity index (χ0n) is 23.8. The van der Waals surface area contributed by atoms with E-state index in [-0.39, 0.29) is 89.1 Å². The van der Waals surface area contributed by atoms with Crippen LogP contribution in [0.25, 0.3) is 0 Å². The molecule has 260 valence electrons. The van der Waals surface area contributed by atoms with Crippen LogP contribution in [0.2, 0.25) is 0 Å². The van der Waals surface area contributed by atoms with Crippen molar-refractivity contribution in [3.63, 3.8) is 0 Å². The van der Waals surface area contributed by atoms with Crippen molar-refractivity contribution >= 4 is 26.0 Å². The molecule has 8 nitrogen and oxygen atoms in total. The molecule has 25 heteroatoms. The van der Waals surface area contributed by atoms with Crippen molar-refractivity contribution in [1.82, 2.24) is 0 Å². The maximum atomic E-state index is 14.4. The minimum absolute atomic E-state index is 0. The fourth-order valence-corrected chi connectivity index (χ4v) is 4.87. The van der Waals surface area contributed by atoms with Gasteiger partial charge in [0.15, 0.2) is 5.78 Å². The molecule has 2 rings (SSSR count). The van der Waals surface area contributed by atoms with Crippen molar-refractivity contribution in [3.05, 3.63) is 59.7 Å². The monoisotopic (exact) mass is 776 g/mol. The number of halogens is 13. The van der Waals surface area contributed by atoms with Gasteiger partial charge in [-0.05, 0) is 37.1 Å². The Morgan fingerprint density at radius 1 is 0.667 bits per heavy atom. The number of hydrogen-bond acceptors (Lipinski definition) is 8. The first-order valence-corrected chi connectivity index (χ1v) is 14.6. The summed E-state index contributed by atoms with van der Waals surface area (Å²) in [7, 11) is -10.4. The van der Waals surface area contributed by atoms with Crippen molar-refractivity contribution in [2.24, 2.45) is 0 Å². The Balaban J connectivity index is 0.0000110. The van der Waals surface area contributed by atoms with E-state index in [1.807, 2.05) is 0 Å². The van der Waals surface area contributed by atoms with E-state index < -0.39 is 103 Å². The van der Waals surface area contributed by atoms with Crippen LogP contribution in [0.1, 0.15) is 28.8 Å². The van der Waals surface area contributed by atoms with Crippen LogP contribution in [0.3, 0.4) is 0 Å². The van der Waals surface area contributed by atoms with Gasteiger partial charge in [0.1, 0.15) is 31.2 Å². The van der Waals surface area contributed by atoms with Crippen LogP contribution in [-0.4, -0.2) is 73.4 Å². The molecule has 0 bridgehead atoms. The summed E-state index contributed by atoms with van der Waals surface area (Å²) in [6.45, 7) is -0.463. The zero-order valence-corrected chi connectivity index (χ0v) is 29.4. The van der Waals surface area contributed by atoms with Crippen LogP contribution in [0.15, 0.2) is 53.4 Å². The van der Waals surface area contributed by atoms with Gasteiger partial charge >= 0.3 is 94.9 Å². The minimum atomic E-state index is -8.12. The summed E-state index contributed by atoms with van der Waals surface area (Å²) in [5.41, 5.74) is -3.46. The Bertz CT molecular complexity index is 1640. The molecule has 1 unspecified atom stereocenters. The van der Waals surface area contributed by atoms with Gasteiger partial charge in [-0.3, -0.25) is 4.79 Å². The molecule has 0 aromatic heterocycles. The molecule has 0 heterocycles. The maximum absolute atomic E-state index is 14.4. The third kappa shape index (κ3) is 9.18. The Morgan fingerprint density at radius 3 is 1.50 bits per heavy atom. The van der Waals surface area contributed by atoms with E-state index in [2.05, 4.69) is 0 Å². The van der Waals surface area contributed by atoms with E-state index in [1.165, 1.54) is 0 Å². The standard InChI is InChI=1S/C23H17F13O8S2.2Na/c24-18(25,19(26,27)20(28,29)21(30,31)22(32,33)23(34,35)36)13-5-3-12(4-6-13)17(37)16(46(41,42)43)2-1-11-44-14-7-9-15(10-8-14)45(38,39)40;;/h3-10,16H,1-2,11H2,(H,38,39,40)(H,41,42,43);;/q;2*+1/p-2. The molecule has 0 radical (unpaired) electrons. The number of Topliss-reactive ketones (excluding diaryl/α,β-unsaturated/α-hetero) is 1. The second kappa shape index (κ2) is 15.6. The second-order valence-corrected chi connectivity index (χ2v) is 12.1. The molecular weight excluding hydrogens is 761 g/mol. The van der Waals surface area contributed by atoms with Crippen molar-refractivity contribution in [2.75, 3.05) is 6.61 Å². The van der Waals surface area contributed by atoms with Gasteiger partial charge in [-0.1, -0.05) is 24.3 Å². The van der Waals surface area contributed by atoms with Crippen molar-refractivity contribution in [1.29, 1.82) is 0 Å². The predicted molar refractivity (Wildman–Crippen MR) is 123 cm³/mol. The third-order valence-corrected chi connectivity index (χ3v) is 8.09. The van der Waals surface area contributed by atoms with E-state index in [9.17, 15) is 87.8 Å². The van der Waals surface area contributed by atoms with Crippen LogP contribution >= 0.6 is 0 Å². The Morgan fingerprint density at radius 2 is 1.10 bits per heavy atom. The molecule has 0 aliphatic heterocycles. The summed E-state index contributed by atoms with van der Waals surface area (Å²) in [6.07, 6.45) is -8.89. The number of rotatable bonds is 14. The molecule has 0 saturated heterocycles. The van der Waals surface area contributed by atoms with Crippen LogP contribution in [0.5, 0.6) is 5.75 Å². The topological polar surface area (TPSA) is 141 Å². The van der Waals surface area contributed by atoms with Gasteiger partial charge in [0.2, 0.25) is 0 Å². The Hall–Kier alpha value is -1.18. The first-order chi connectivity index (χ1) is 20.4. The van der Waals surface area contributed by atoms with Crippen molar-refractivity contribution < 1.29 is 152 Å². The summed E-state index contributed by atoms with van der Waals surface area (Å²) in [4.78, 5) is 12.0. The molecule has 0 fully saturated rings. The summed E-state index contributed by atoms with van der Waals surface area (Å²) >= 11 is 0. The summed E-state index contributed by atoms with van der Waals surface area (Å²) in [5.74, 6) is -40.1.